The van der Waals surface area contributed by atoms with Gasteiger partial charge in [0.1, 0.15) is 11.4 Å². The van der Waals surface area contributed by atoms with E-state index >= 15 is 0 Å². The molecule has 1 unspecified atom stereocenters. The zero-order valence-electron chi connectivity index (χ0n) is 10.9. The van der Waals surface area contributed by atoms with Gasteiger partial charge in [0, 0.05) is 10.2 Å². The van der Waals surface area contributed by atoms with Crippen LogP contribution in [0.3, 0.4) is 0 Å². The van der Waals surface area contributed by atoms with Crippen molar-refractivity contribution in [3.63, 3.8) is 0 Å². The smallest absolute Gasteiger partial charge is 0.247 e. The predicted molar refractivity (Wildman–Crippen MR) is 80.7 cm³/mol. The van der Waals surface area contributed by atoms with E-state index in [4.69, 9.17) is 5.73 Å². The number of halogens is 2. The van der Waals surface area contributed by atoms with E-state index in [1.165, 1.54) is 12.1 Å². The molecule has 0 aliphatic rings. The summed E-state index contributed by atoms with van der Waals surface area (Å²) >= 11 is 3.37. The highest BCUT2D eigenvalue weighted by Crippen LogP contribution is 2.28. The van der Waals surface area contributed by atoms with E-state index < -0.39 is 11.4 Å². The van der Waals surface area contributed by atoms with Crippen LogP contribution in [0.1, 0.15) is 12.5 Å². The minimum atomic E-state index is -1.08. The van der Waals surface area contributed by atoms with E-state index in [-0.39, 0.29) is 5.82 Å². The van der Waals surface area contributed by atoms with Crippen molar-refractivity contribution in [1.29, 1.82) is 0 Å². The monoisotopic (exact) mass is 336 g/mol. The third-order valence-corrected chi connectivity index (χ3v) is 3.63. The number of anilines is 1. The standard InChI is InChI=1S/C15H14BrFN2O/c1-15(14(18)20,10-3-2-4-11(16)9-10)19-13-7-5-12(17)6-8-13/h2-9,19H,1H3,(H2,18,20). The predicted octanol–water partition coefficient (Wildman–Crippen LogP) is 3.40. The van der Waals surface area contributed by atoms with E-state index in [1.54, 1.807) is 19.1 Å². The first-order valence-corrected chi connectivity index (χ1v) is 6.81. The second kappa shape index (κ2) is 5.63. The van der Waals surface area contributed by atoms with Gasteiger partial charge in [0.05, 0.1) is 0 Å². The zero-order valence-corrected chi connectivity index (χ0v) is 12.4. The number of nitrogens with two attached hydrogens (primary N) is 1. The molecule has 0 saturated carbocycles. The third kappa shape index (κ3) is 2.99. The second-order valence-corrected chi connectivity index (χ2v) is 5.55. The number of nitrogens with one attached hydrogen (secondary N) is 1. The van der Waals surface area contributed by atoms with Gasteiger partial charge in [0.2, 0.25) is 5.91 Å². The third-order valence-electron chi connectivity index (χ3n) is 3.13. The molecule has 20 heavy (non-hydrogen) atoms. The summed E-state index contributed by atoms with van der Waals surface area (Å²) in [5.41, 5.74) is 5.80. The zero-order chi connectivity index (χ0) is 14.8. The number of carbonyl (C=O) groups excluding carboxylic acids is 1. The van der Waals surface area contributed by atoms with Crippen molar-refractivity contribution >= 4 is 27.5 Å². The molecule has 5 heteroatoms. The van der Waals surface area contributed by atoms with Crippen LogP contribution in [0.4, 0.5) is 10.1 Å². The second-order valence-electron chi connectivity index (χ2n) is 4.63. The average Bonchev–Trinajstić information content (AvgIpc) is 2.41. The summed E-state index contributed by atoms with van der Waals surface area (Å²) in [6.07, 6.45) is 0. The minimum absolute atomic E-state index is 0.334. The van der Waals surface area contributed by atoms with Crippen LogP contribution in [0.2, 0.25) is 0 Å². The van der Waals surface area contributed by atoms with Crippen LogP contribution in [0.25, 0.3) is 0 Å². The van der Waals surface area contributed by atoms with Gasteiger partial charge in [0.15, 0.2) is 0 Å². The maximum Gasteiger partial charge on any atom is 0.247 e. The number of amides is 1. The largest absolute Gasteiger partial charge is 0.368 e. The molecule has 0 aromatic heterocycles. The van der Waals surface area contributed by atoms with Crippen LogP contribution >= 0.6 is 15.9 Å². The lowest BCUT2D eigenvalue weighted by Gasteiger charge is -2.29. The van der Waals surface area contributed by atoms with Gasteiger partial charge in [0.25, 0.3) is 0 Å². The number of carbonyl (C=O) groups is 1. The Hall–Kier alpha value is -1.88. The molecule has 3 N–H and O–H groups in total. The summed E-state index contributed by atoms with van der Waals surface area (Å²) < 4.78 is 13.8. The Bertz CT molecular complexity index is 630. The van der Waals surface area contributed by atoms with E-state index in [9.17, 15) is 9.18 Å². The van der Waals surface area contributed by atoms with E-state index in [0.717, 1.165) is 10.0 Å². The summed E-state index contributed by atoms with van der Waals surface area (Å²) in [5.74, 6) is -0.848. The summed E-state index contributed by atoms with van der Waals surface area (Å²) in [6.45, 7) is 1.69. The highest BCUT2D eigenvalue weighted by atomic mass is 79.9. The van der Waals surface area contributed by atoms with Gasteiger partial charge >= 0.3 is 0 Å². The van der Waals surface area contributed by atoms with E-state index in [1.807, 2.05) is 24.3 Å². The lowest BCUT2D eigenvalue weighted by atomic mass is 9.91. The fourth-order valence-electron chi connectivity index (χ4n) is 1.90. The number of benzene rings is 2. The molecule has 2 aromatic rings. The molecular formula is C15H14BrFN2O. The molecule has 0 fully saturated rings. The Labute approximate surface area is 125 Å². The van der Waals surface area contributed by atoms with Gasteiger partial charge in [-0.2, -0.15) is 0 Å². The van der Waals surface area contributed by atoms with Crippen LogP contribution < -0.4 is 11.1 Å². The number of hydrogen-bond donors (Lipinski definition) is 2. The van der Waals surface area contributed by atoms with Gasteiger partial charge in [-0.3, -0.25) is 4.79 Å². The highest BCUT2D eigenvalue weighted by molar-refractivity contribution is 9.10. The fourth-order valence-corrected chi connectivity index (χ4v) is 2.30. The molecule has 0 bridgehead atoms. The van der Waals surface area contributed by atoms with Crippen molar-refractivity contribution in [3.8, 4) is 0 Å². The number of rotatable bonds is 4. The van der Waals surface area contributed by atoms with Crippen LogP contribution in [-0.4, -0.2) is 5.91 Å². The first kappa shape index (κ1) is 14.5. The van der Waals surface area contributed by atoms with Crippen LogP contribution in [0, 0.1) is 5.82 Å². The van der Waals surface area contributed by atoms with E-state index in [0.29, 0.717) is 5.69 Å². The molecule has 0 radical (unpaired) electrons. The van der Waals surface area contributed by atoms with Crippen LogP contribution in [-0.2, 0) is 10.3 Å². The first-order valence-electron chi connectivity index (χ1n) is 6.01. The molecule has 1 amide bonds. The van der Waals surface area contributed by atoms with Crippen molar-refractivity contribution in [3.05, 3.63) is 64.4 Å². The van der Waals surface area contributed by atoms with Crippen molar-refractivity contribution in [2.24, 2.45) is 5.73 Å². The quantitative estimate of drug-likeness (QED) is 0.898. The molecule has 2 aromatic carbocycles. The lowest BCUT2D eigenvalue weighted by Crippen LogP contribution is -2.45. The molecule has 0 spiro atoms. The Morgan fingerprint density at radius 2 is 1.90 bits per heavy atom. The maximum absolute atomic E-state index is 12.9. The van der Waals surface area contributed by atoms with Gasteiger partial charge in [-0.05, 0) is 48.9 Å². The van der Waals surface area contributed by atoms with Gasteiger partial charge in [-0.25, -0.2) is 4.39 Å². The topological polar surface area (TPSA) is 55.1 Å². The Kier molecular flexibility index (Phi) is 4.09. The van der Waals surface area contributed by atoms with E-state index in [2.05, 4.69) is 21.2 Å². The normalized spacial score (nSPS) is 13.6. The molecule has 2 rings (SSSR count). The molecule has 0 aliphatic carbocycles. The summed E-state index contributed by atoms with van der Waals surface area (Å²) in [5, 5.41) is 3.06. The Morgan fingerprint density at radius 3 is 2.45 bits per heavy atom. The van der Waals surface area contributed by atoms with Crippen LogP contribution in [0.15, 0.2) is 53.0 Å². The summed E-state index contributed by atoms with van der Waals surface area (Å²) in [7, 11) is 0. The molecule has 104 valence electrons. The van der Waals surface area contributed by atoms with Crippen molar-refractivity contribution in [1.82, 2.24) is 0 Å². The molecule has 3 nitrogen and oxygen atoms in total. The molecule has 0 heterocycles. The fraction of sp³-hybridized carbons (Fsp3) is 0.133. The maximum atomic E-state index is 12.9. The Morgan fingerprint density at radius 1 is 1.25 bits per heavy atom. The van der Waals surface area contributed by atoms with Crippen molar-refractivity contribution in [2.75, 3.05) is 5.32 Å². The van der Waals surface area contributed by atoms with Crippen molar-refractivity contribution in [2.45, 2.75) is 12.5 Å². The van der Waals surface area contributed by atoms with Gasteiger partial charge < -0.3 is 11.1 Å². The minimum Gasteiger partial charge on any atom is -0.368 e. The summed E-state index contributed by atoms with van der Waals surface area (Å²) in [6, 6.07) is 13.1. The highest BCUT2D eigenvalue weighted by Gasteiger charge is 2.33. The molecule has 0 saturated heterocycles. The molecule has 0 aliphatic heterocycles. The molecule has 1 atom stereocenters. The first-order chi connectivity index (χ1) is 9.41. The molecular weight excluding hydrogens is 323 g/mol. The summed E-state index contributed by atoms with van der Waals surface area (Å²) in [4.78, 5) is 11.9. The number of primary amides is 1. The van der Waals surface area contributed by atoms with Gasteiger partial charge in [-0.15, -0.1) is 0 Å². The number of hydrogen-bond acceptors (Lipinski definition) is 2. The average molecular weight is 337 g/mol. The van der Waals surface area contributed by atoms with Crippen molar-refractivity contribution < 1.29 is 9.18 Å². The lowest BCUT2D eigenvalue weighted by molar-refractivity contribution is -0.122. The van der Waals surface area contributed by atoms with Gasteiger partial charge in [-0.1, -0.05) is 28.1 Å². The SMILES string of the molecule is CC(Nc1ccc(F)cc1)(C(N)=O)c1cccc(Br)c1. The Balaban J connectivity index is 2.39. The van der Waals surface area contributed by atoms with Crippen LogP contribution in [0.5, 0.6) is 0 Å².